The average molecular weight is 867 g/mol. The van der Waals surface area contributed by atoms with E-state index in [1.807, 2.05) is 39.0 Å². The molecule has 3 atom stereocenters. The number of aliphatic hydroxyl groups excluding tert-OH is 1. The smallest absolute Gasteiger partial charge is 0.302 e. The van der Waals surface area contributed by atoms with Crippen molar-refractivity contribution in [2.75, 3.05) is 33.9 Å². The van der Waals surface area contributed by atoms with Crippen LogP contribution >= 0.6 is 0 Å². The lowest BCUT2D eigenvalue weighted by molar-refractivity contribution is -0.149. The van der Waals surface area contributed by atoms with Crippen LogP contribution in [-0.2, 0) is 48.0 Å². The van der Waals surface area contributed by atoms with E-state index < -0.39 is 29.5 Å². The van der Waals surface area contributed by atoms with Gasteiger partial charge in [0.15, 0.2) is 0 Å². The zero-order valence-electron chi connectivity index (χ0n) is 38.4. The Kier molecular flexibility index (Phi) is 15.0. The van der Waals surface area contributed by atoms with E-state index in [0.29, 0.717) is 44.5 Å². The number of carbonyl (C=O) groups excluding carboxylic acids is 4. The number of aliphatic hydroxyl groups is 1. The average Bonchev–Trinajstić information content (AvgIpc) is 3.54. The molecule has 2 aromatic carbocycles. The number of aryl methyl sites for hydroxylation is 1. The number of ether oxygens (including phenoxy) is 2. The number of likely N-dealkylation sites (N-methyl/N-ethyl adjacent to an activating group) is 1. The highest BCUT2D eigenvalue weighted by Crippen LogP contribution is 2.42. The fourth-order valence-corrected chi connectivity index (χ4v) is 9.15. The largest absolute Gasteiger partial charge is 0.508 e. The van der Waals surface area contributed by atoms with Crippen LogP contribution in [-0.4, -0.2) is 105 Å². The number of rotatable bonds is 17. The molecule has 0 unspecified atom stereocenters. The summed E-state index contributed by atoms with van der Waals surface area (Å²) in [5, 5.41) is 26.7. The number of nitrogens with zero attached hydrogens (tertiary/aromatic N) is 4. The predicted molar refractivity (Wildman–Crippen MR) is 242 cm³/mol. The van der Waals surface area contributed by atoms with Gasteiger partial charge in [0.1, 0.15) is 17.8 Å². The third kappa shape index (κ3) is 10.7. The van der Waals surface area contributed by atoms with Crippen molar-refractivity contribution in [2.24, 2.45) is 17.3 Å². The van der Waals surface area contributed by atoms with Crippen LogP contribution in [0.4, 0.5) is 0 Å². The number of esters is 1. The van der Waals surface area contributed by atoms with Crippen LogP contribution in [0.2, 0.25) is 0 Å². The minimum Gasteiger partial charge on any atom is -0.508 e. The minimum absolute atomic E-state index is 0.00686. The Bertz CT molecular complexity index is 2290. The van der Waals surface area contributed by atoms with E-state index in [-0.39, 0.29) is 54.5 Å². The van der Waals surface area contributed by atoms with Gasteiger partial charge in [-0.3, -0.25) is 29.2 Å². The first kappa shape index (κ1) is 47.2. The molecule has 2 fully saturated rings. The fourth-order valence-electron chi connectivity index (χ4n) is 9.15. The SMILES string of the molecule is CCn1c(-c2cccnc2[C@H](C)OC)c(CC(C)(C)COC(C)=O)c2cc(-c3cc(O)cc(C[C@H](NC(=O)[C@H](C(C)C)N(C)C(=O)C4CC(O)C4)C(=O)N4CCCCN4)c3)ccc21. The highest BCUT2D eigenvalue weighted by molar-refractivity contribution is 5.96. The van der Waals surface area contributed by atoms with Crippen molar-refractivity contribution in [3.63, 3.8) is 0 Å². The summed E-state index contributed by atoms with van der Waals surface area (Å²) in [6.45, 7) is 15.4. The second kappa shape index (κ2) is 20.0. The Morgan fingerprint density at radius 2 is 1.79 bits per heavy atom. The van der Waals surface area contributed by atoms with Crippen molar-refractivity contribution in [2.45, 2.75) is 118 Å². The first-order valence-corrected chi connectivity index (χ1v) is 22.3. The number of phenols is 1. The Labute approximate surface area is 371 Å². The third-order valence-electron chi connectivity index (χ3n) is 12.5. The lowest BCUT2D eigenvalue weighted by Gasteiger charge is -2.38. The number of hydrogen-bond donors (Lipinski definition) is 4. The van der Waals surface area contributed by atoms with Gasteiger partial charge in [-0.1, -0.05) is 39.8 Å². The van der Waals surface area contributed by atoms with Crippen LogP contribution < -0.4 is 10.7 Å². The van der Waals surface area contributed by atoms with Crippen LogP contribution in [0.5, 0.6) is 5.75 Å². The van der Waals surface area contributed by atoms with E-state index >= 15 is 0 Å². The number of aromatic nitrogens is 2. The quantitative estimate of drug-likeness (QED) is 0.0877. The van der Waals surface area contributed by atoms with Gasteiger partial charge >= 0.3 is 5.97 Å². The van der Waals surface area contributed by atoms with Crippen LogP contribution in [0.15, 0.2) is 54.7 Å². The van der Waals surface area contributed by atoms with Gasteiger partial charge in [-0.2, -0.15) is 0 Å². The maximum Gasteiger partial charge on any atom is 0.302 e. The predicted octanol–water partition coefficient (Wildman–Crippen LogP) is 6.34. The number of aromatic hydroxyl groups is 1. The molecule has 1 aliphatic heterocycles. The first-order valence-electron chi connectivity index (χ1n) is 22.3. The third-order valence-corrected chi connectivity index (χ3v) is 12.5. The number of amides is 3. The topological polar surface area (TPSA) is 176 Å². The monoisotopic (exact) mass is 866 g/mol. The molecule has 14 heteroatoms. The summed E-state index contributed by atoms with van der Waals surface area (Å²) in [7, 11) is 3.28. The summed E-state index contributed by atoms with van der Waals surface area (Å²) in [5.74, 6) is -1.89. The zero-order chi connectivity index (χ0) is 45.7. The molecular formula is C49H66N6O8. The molecule has 1 saturated carbocycles. The van der Waals surface area contributed by atoms with Crippen LogP contribution in [0.1, 0.15) is 97.1 Å². The maximum atomic E-state index is 14.3. The zero-order valence-corrected chi connectivity index (χ0v) is 38.4. The summed E-state index contributed by atoms with van der Waals surface area (Å²) >= 11 is 0. The standard InChI is InChI=1S/C49H66N6O8/c1-10-54-42-16-15-33(26-39(42)40(27-49(6,7)28-63-31(5)56)45(54)38-14-13-17-50-43(38)30(4)62-9)34-20-32(21-36(57)23-34)22-41(48(61)55-19-12-11-18-51-55)52-46(59)44(29(2)3)53(8)47(60)35-24-37(58)25-35/h13-17,20-21,23,26,29-30,35,37,41,44,51,57-58H,10-12,18-19,22,24-25,27-28H2,1-9H3,(H,52,59)/t30-,35?,37?,41-,44-/m0/s1. The number of hydrazine groups is 1. The number of hydrogen-bond acceptors (Lipinski definition) is 10. The van der Waals surface area contributed by atoms with E-state index in [1.54, 1.807) is 37.5 Å². The van der Waals surface area contributed by atoms with Gasteiger partial charge in [0.05, 0.1) is 30.2 Å². The minimum atomic E-state index is -1.01. The van der Waals surface area contributed by atoms with Crippen molar-refractivity contribution in [1.82, 2.24) is 30.2 Å². The van der Waals surface area contributed by atoms with Crippen molar-refractivity contribution in [1.29, 1.82) is 0 Å². The van der Waals surface area contributed by atoms with Gasteiger partial charge in [0, 0.05) is 81.1 Å². The fraction of sp³-hybridized carbons (Fsp3) is 0.531. The summed E-state index contributed by atoms with van der Waals surface area (Å²) in [6.07, 6.45) is 4.09. The molecular weight excluding hydrogens is 801 g/mol. The number of carbonyl (C=O) groups is 4. The van der Waals surface area contributed by atoms with E-state index in [0.717, 1.165) is 57.4 Å². The molecule has 2 aromatic heterocycles. The second-order valence-electron chi connectivity index (χ2n) is 18.5. The van der Waals surface area contributed by atoms with Crippen LogP contribution in [0.3, 0.4) is 0 Å². The van der Waals surface area contributed by atoms with E-state index in [9.17, 15) is 29.4 Å². The molecule has 2 aliphatic rings. The normalized spacial score (nSPS) is 18.1. The molecule has 340 valence electrons. The van der Waals surface area contributed by atoms with E-state index in [1.165, 1.54) is 11.8 Å². The van der Waals surface area contributed by atoms with Crippen LogP contribution in [0.25, 0.3) is 33.3 Å². The number of nitrogens with one attached hydrogen (secondary N) is 2. The molecule has 63 heavy (non-hydrogen) atoms. The number of phenolic OH excluding ortho intramolecular Hbond substituents is 1. The second-order valence-corrected chi connectivity index (χ2v) is 18.5. The molecule has 4 N–H and O–H groups in total. The summed E-state index contributed by atoms with van der Waals surface area (Å²) in [4.78, 5) is 60.0. The molecule has 1 saturated heterocycles. The van der Waals surface area contributed by atoms with E-state index in [4.69, 9.17) is 14.5 Å². The van der Waals surface area contributed by atoms with Crippen LogP contribution in [0, 0.1) is 17.3 Å². The molecule has 0 radical (unpaired) electrons. The number of methoxy groups -OCH3 is 1. The Morgan fingerprint density at radius 1 is 1.05 bits per heavy atom. The summed E-state index contributed by atoms with van der Waals surface area (Å²) in [5.41, 5.74) is 9.75. The molecule has 1 aliphatic carbocycles. The summed E-state index contributed by atoms with van der Waals surface area (Å²) in [6, 6.07) is 13.6. The Morgan fingerprint density at radius 3 is 2.43 bits per heavy atom. The number of fused-ring (bicyclic) bond motifs is 1. The van der Waals surface area contributed by atoms with E-state index in [2.05, 4.69) is 54.3 Å². The van der Waals surface area contributed by atoms with Gasteiger partial charge in [0.2, 0.25) is 11.8 Å². The van der Waals surface area contributed by atoms with Gasteiger partial charge in [0.25, 0.3) is 5.91 Å². The molecule has 3 heterocycles. The molecule has 0 spiro atoms. The highest BCUT2D eigenvalue weighted by Gasteiger charge is 2.40. The maximum absolute atomic E-state index is 14.3. The van der Waals surface area contributed by atoms with Crippen molar-refractivity contribution >= 4 is 34.6 Å². The van der Waals surface area contributed by atoms with Gasteiger partial charge in [-0.05, 0) is 111 Å². The highest BCUT2D eigenvalue weighted by atomic mass is 16.5. The molecule has 3 amide bonds. The number of benzene rings is 2. The van der Waals surface area contributed by atoms with Gasteiger partial charge in [-0.25, -0.2) is 5.43 Å². The molecule has 4 aromatic rings. The Balaban J connectivity index is 1.40. The van der Waals surface area contributed by atoms with Gasteiger partial charge < -0.3 is 34.5 Å². The summed E-state index contributed by atoms with van der Waals surface area (Å²) < 4.78 is 13.6. The number of pyridine rings is 1. The van der Waals surface area contributed by atoms with Gasteiger partial charge in [-0.15, -0.1) is 0 Å². The molecule has 6 rings (SSSR count). The molecule has 0 bridgehead atoms. The lowest BCUT2D eigenvalue weighted by atomic mass is 9.81. The van der Waals surface area contributed by atoms with Crippen molar-refractivity contribution in [3.05, 3.63) is 71.5 Å². The Hall–Kier alpha value is -5.31. The van der Waals surface area contributed by atoms with Crippen molar-refractivity contribution in [3.8, 4) is 28.1 Å². The first-order chi connectivity index (χ1) is 29.9. The molecule has 14 nitrogen and oxygen atoms in total. The van der Waals surface area contributed by atoms with Crippen molar-refractivity contribution < 1.29 is 38.9 Å². The lowest BCUT2D eigenvalue weighted by Crippen LogP contribution is -2.60.